The number of piperidine rings is 1. The molecule has 7 heteroatoms. The zero-order valence-electron chi connectivity index (χ0n) is 16.3. The molecule has 1 aliphatic rings. The fourth-order valence-corrected chi connectivity index (χ4v) is 4.62. The third kappa shape index (κ3) is 4.78. The van der Waals surface area contributed by atoms with E-state index in [0.29, 0.717) is 25.9 Å². The van der Waals surface area contributed by atoms with Gasteiger partial charge in [0.2, 0.25) is 5.91 Å². The van der Waals surface area contributed by atoms with Crippen molar-refractivity contribution in [1.82, 2.24) is 10.6 Å². The summed E-state index contributed by atoms with van der Waals surface area (Å²) in [6.45, 7) is 9.42. The summed E-state index contributed by atoms with van der Waals surface area (Å²) in [5.41, 5.74) is 2.26. The highest BCUT2D eigenvalue weighted by Crippen LogP contribution is 2.29. The Morgan fingerprint density at radius 3 is 2.08 bits per heavy atom. The Labute approximate surface area is 163 Å². The van der Waals surface area contributed by atoms with E-state index in [4.69, 9.17) is 0 Å². The molecule has 0 bridgehead atoms. The first-order valence-corrected chi connectivity index (χ1v) is 10.7. The first-order chi connectivity index (χ1) is 11.5. The normalized spacial score (nSPS) is 18.5. The molecule has 1 aliphatic heterocycles. The third-order valence-electron chi connectivity index (χ3n) is 5.16. The fourth-order valence-electron chi connectivity index (χ4n) is 3.28. The molecule has 0 aliphatic carbocycles. The smallest absolute Gasteiger partial charge is 0.242 e. The van der Waals surface area contributed by atoms with Crippen molar-refractivity contribution in [2.24, 2.45) is 0 Å². The van der Waals surface area contributed by atoms with Gasteiger partial charge < -0.3 is 10.6 Å². The van der Waals surface area contributed by atoms with Crippen LogP contribution in [0, 0.1) is 0 Å². The number of halogens is 1. The number of benzene rings is 1. The van der Waals surface area contributed by atoms with Crippen LogP contribution in [0.4, 0.5) is 0 Å². The van der Waals surface area contributed by atoms with Gasteiger partial charge in [0.1, 0.15) is 0 Å². The molecule has 26 heavy (non-hydrogen) atoms. The van der Waals surface area contributed by atoms with Crippen molar-refractivity contribution >= 4 is 28.2 Å². The van der Waals surface area contributed by atoms with Crippen molar-refractivity contribution in [3.8, 4) is 0 Å². The molecule has 1 aromatic carbocycles. The van der Waals surface area contributed by atoms with E-state index in [9.17, 15) is 13.2 Å². The lowest BCUT2D eigenvalue weighted by Gasteiger charge is -2.35. The summed E-state index contributed by atoms with van der Waals surface area (Å²) in [7, 11) is -3.49. The van der Waals surface area contributed by atoms with Crippen molar-refractivity contribution in [2.75, 3.05) is 19.3 Å². The largest absolute Gasteiger partial charge is 0.348 e. The predicted octanol–water partition coefficient (Wildman–Crippen LogP) is 2.75. The summed E-state index contributed by atoms with van der Waals surface area (Å²) < 4.78 is 23.3. The van der Waals surface area contributed by atoms with Crippen LogP contribution in [0.25, 0.3) is 0 Å². The Hall–Kier alpha value is -1.11. The maximum absolute atomic E-state index is 12.9. The second-order valence-corrected chi connectivity index (χ2v) is 10.4. The predicted molar refractivity (Wildman–Crippen MR) is 109 cm³/mol. The van der Waals surface area contributed by atoms with Gasteiger partial charge in [-0.2, -0.15) is 0 Å². The van der Waals surface area contributed by atoms with Crippen LogP contribution in [0.5, 0.6) is 0 Å². The molecule has 1 fully saturated rings. The van der Waals surface area contributed by atoms with Gasteiger partial charge in [-0.25, -0.2) is 8.42 Å². The van der Waals surface area contributed by atoms with Gasteiger partial charge in [-0.1, -0.05) is 45.0 Å². The van der Waals surface area contributed by atoms with Crippen LogP contribution in [-0.4, -0.2) is 38.4 Å². The van der Waals surface area contributed by atoms with Gasteiger partial charge in [0.15, 0.2) is 14.6 Å². The lowest BCUT2D eigenvalue weighted by molar-refractivity contribution is -0.125. The Morgan fingerprint density at radius 2 is 1.65 bits per heavy atom. The van der Waals surface area contributed by atoms with Crippen molar-refractivity contribution in [2.45, 2.75) is 56.7 Å². The Balaban J connectivity index is 0.00000338. The second-order valence-electron chi connectivity index (χ2n) is 8.08. The van der Waals surface area contributed by atoms with E-state index in [0.717, 1.165) is 5.56 Å². The molecule has 148 valence electrons. The number of hydrogen-bond acceptors (Lipinski definition) is 4. The van der Waals surface area contributed by atoms with Gasteiger partial charge in [0, 0.05) is 6.26 Å². The zero-order chi connectivity index (χ0) is 18.9. The Morgan fingerprint density at radius 1 is 1.15 bits per heavy atom. The topological polar surface area (TPSA) is 75.3 Å². The van der Waals surface area contributed by atoms with Crippen molar-refractivity contribution in [3.05, 3.63) is 35.4 Å². The quantitative estimate of drug-likeness (QED) is 0.811. The summed E-state index contributed by atoms with van der Waals surface area (Å²) in [6, 6.07) is 7.89. The number of carbonyl (C=O) groups excluding carboxylic acids is 1. The van der Waals surface area contributed by atoms with Gasteiger partial charge in [-0.15, -0.1) is 12.4 Å². The maximum Gasteiger partial charge on any atom is 0.242 e. The van der Waals surface area contributed by atoms with E-state index in [1.54, 1.807) is 0 Å². The molecule has 1 aromatic rings. The van der Waals surface area contributed by atoms with Crippen LogP contribution in [0.15, 0.2) is 24.3 Å². The van der Waals surface area contributed by atoms with Crippen LogP contribution in [-0.2, 0) is 20.0 Å². The first kappa shape index (κ1) is 22.9. The standard InChI is InChI=1S/C19H30N2O3S.ClH/c1-14(15-6-8-16(9-7-15)18(2,3)4)21-17(22)19(25(5,23)24)10-12-20-13-11-19;/h6-9,14,20H,10-13H2,1-5H3,(H,21,22);1H. The summed E-state index contributed by atoms with van der Waals surface area (Å²) in [6.07, 6.45) is 1.79. The van der Waals surface area contributed by atoms with Gasteiger partial charge >= 0.3 is 0 Å². The van der Waals surface area contributed by atoms with E-state index in [1.807, 2.05) is 19.1 Å². The van der Waals surface area contributed by atoms with Crippen LogP contribution in [0.2, 0.25) is 0 Å². The number of sulfone groups is 1. The van der Waals surface area contributed by atoms with Crippen molar-refractivity contribution in [1.29, 1.82) is 0 Å². The van der Waals surface area contributed by atoms with E-state index >= 15 is 0 Å². The van der Waals surface area contributed by atoms with Gasteiger partial charge in [-0.05, 0) is 49.4 Å². The molecule has 1 amide bonds. The molecule has 1 atom stereocenters. The Kier molecular flexibility index (Phi) is 7.30. The molecule has 1 heterocycles. The van der Waals surface area contributed by atoms with Gasteiger partial charge in [-0.3, -0.25) is 4.79 Å². The third-order valence-corrected chi connectivity index (χ3v) is 7.17. The van der Waals surface area contributed by atoms with Gasteiger partial charge in [0.25, 0.3) is 0 Å². The number of hydrogen-bond donors (Lipinski definition) is 2. The average molecular weight is 403 g/mol. The van der Waals surface area contributed by atoms with Crippen LogP contribution >= 0.6 is 12.4 Å². The molecule has 0 aromatic heterocycles. The van der Waals surface area contributed by atoms with E-state index < -0.39 is 14.6 Å². The lowest BCUT2D eigenvalue weighted by atomic mass is 9.86. The average Bonchev–Trinajstić information content (AvgIpc) is 2.53. The molecule has 1 unspecified atom stereocenters. The number of rotatable bonds is 4. The summed E-state index contributed by atoms with van der Waals surface area (Å²) in [5, 5.41) is 6.05. The van der Waals surface area contributed by atoms with Crippen molar-refractivity contribution in [3.63, 3.8) is 0 Å². The molecule has 0 saturated carbocycles. The Bertz CT molecular complexity index is 718. The van der Waals surface area contributed by atoms with E-state index in [-0.39, 0.29) is 29.8 Å². The molecular weight excluding hydrogens is 372 g/mol. The molecule has 2 rings (SSSR count). The molecule has 0 radical (unpaired) electrons. The minimum atomic E-state index is -3.49. The molecule has 1 saturated heterocycles. The molecule has 5 nitrogen and oxygen atoms in total. The van der Waals surface area contributed by atoms with Crippen LogP contribution in [0.3, 0.4) is 0 Å². The minimum Gasteiger partial charge on any atom is -0.348 e. The van der Waals surface area contributed by atoms with Gasteiger partial charge in [0.05, 0.1) is 6.04 Å². The molecule has 0 spiro atoms. The zero-order valence-corrected chi connectivity index (χ0v) is 17.9. The second kappa shape index (κ2) is 8.28. The van der Waals surface area contributed by atoms with Crippen LogP contribution < -0.4 is 10.6 Å². The molecular formula is C19H31ClN2O3S. The maximum atomic E-state index is 12.9. The SMILES string of the molecule is CC(NC(=O)C1(S(C)(=O)=O)CCNCC1)c1ccc(C(C)(C)C)cc1.Cl. The highest BCUT2D eigenvalue weighted by atomic mass is 35.5. The van der Waals surface area contributed by atoms with E-state index in [2.05, 4.69) is 43.5 Å². The van der Waals surface area contributed by atoms with Crippen molar-refractivity contribution < 1.29 is 13.2 Å². The highest BCUT2D eigenvalue weighted by molar-refractivity contribution is 7.92. The first-order valence-electron chi connectivity index (χ1n) is 8.79. The summed E-state index contributed by atoms with van der Waals surface area (Å²) in [5.74, 6) is -0.385. The summed E-state index contributed by atoms with van der Waals surface area (Å²) in [4.78, 5) is 12.9. The summed E-state index contributed by atoms with van der Waals surface area (Å²) >= 11 is 0. The fraction of sp³-hybridized carbons (Fsp3) is 0.632. The highest BCUT2D eigenvalue weighted by Gasteiger charge is 2.48. The van der Waals surface area contributed by atoms with Crippen LogP contribution in [0.1, 0.15) is 57.7 Å². The molecule has 2 N–H and O–H groups in total. The minimum absolute atomic E-state index is 0. The number of nitrogens with one attached hydrogen (secondary N) is 2. The van der Waals surface area contributed by atoms with E-state index in [1.165, 1.54) is 11.8 Å². The number of carbonyl (C=O) groups is 1. The lowest BCUT2D eigenvalue weighted by Crippen LogP contribution is -2.57. The number of amides is 1. The monoisotopic (exact) mass is 402 g/mol.